The van der Waals surface area contributed by atoms with Crippen molar-refractivity contribution in [2.75, 3.05) is 10.6 Å². The van der Waals surface area contributed by atoms with Crippen molar-refractivity contribution in [3.63, 3.8) is 0 Å². The van der Waals surface area contributed by atoms with E-state index in [2.05, 4.69) is 51.7 Å². The van der Waals surface area contributed by atoms with Gasteiger partial charge in [-0.3, -0.25) is 4.98 Å². The molecule has 0 aromatic carbocycles. The van der Waals surface area contributed by atoms with Crippen molar-refractivity contribution < 1.29 is 0 Å². The summed E-state index contributed by atoms with van der Waals surface area (Å²) in [6, 6.07) is 8.30. The first-order valence-corrected chi connectivity index (χ1v) is 8.90. The van der Waals surface area contributed by atoms with Gasteiger partial charge in [0.25, 0.3) is 0 Å². The number of nitrogens with zero attached hydrogens (tertiary/aromatic N) is 5. The van der Waals surface area contributed by atoms with E-state index < -0.39 is 0 Å². The molecular formula is C18H25N7. The van der Waals surface area contributed by atoms with Gasteiger partial charge in [-0.1, -0.05) is 26.8 Å². The van der Waals surface area contributed by atoms with Crippen LogP contribution < -0.4 is 10.6 Å². The topological polar surface area (TPSA) is 80.0 Å². The van der Waals surface area contributed by atoms with Crippen LogP contribution in [0, 0.1) is 0 Å². The fourth-order valence-electron chi connectivity index (χ4n) is 2.73. The second-order valence-corrected chi connectivity index (χ2v) is 5.98. The standard InChI is InChI=1S/C18H25N7/c1-4-13(5-2)21-16-11-15(20-12-14-9-7-8-10-19-14)18-23-22-17(6-3)25(18)24-16/h7-11,13,20H,4-6,12H2,1-3H3,(H,21,24). The molecule has 3 rings (SSSR count). The van der Waals surface area contributed by atoms with Crippen LogP contribution in [0.4, 0.5) is 11.5 Å². The predicted molar refractivity (Wildman–Crippen MR) is 99.7 cm³/mol. The quantitative estimate of drug-likeness (QED) is 0.655. The van der Waals surface area contributed by atoms with Crippen molar-refractivity contribution >= 4 is 17.2 Å². The normalized spacial score (nSPS) is 11.2. The minimum atomic E-state index is 0.398. The number of fused-ring (bicyclic) bond motifs is 1. The van der Waals surface area contributed by atoms with Gasteiger partial charge in [-0.25, -0.2) is 0 Å². The summed E-state index contributed by atoms with van der Waals surface area (Å²) in [5.74, 6) is 1.68. The van der Waals surface area contributed by atoms with Gasteiger partial charge < -0.3 is 10.6 Å². The Bertz CT molecular complexity index is 809. The number of pyridine rings is 1. The van der Waals surface area contributed by atoms with Gasteiger partial charge in [0.2, 0.25) is 5.65 Å². The van der Waals surface area contributed by atoms with Crippen LogP contribution >= 0.6 is 0 Å². The maximum absolute atomic E-state index is 4.68. The molecule has 0 aliphatic heterocycles. The molecule has 3 aromatic heterocycles. The Kier molecular flexibility index (Phi) is 5.42. The zero-order valence-electron chi connectivity index (χ0n) is 15.0. The lowest BCUT2D eigenvalue weighted by molar-refractivity contribution is 0.664. The average molecular weight is 339 g/mol. The van der Waals surface area contributed by atoms with Gasteiger partial charge in [0.05, 0.1) is 17.9 Å². The summed E-state index contributed by atoms with van der Waals surface area (Å²) >= 11 is 0. The van der Waals surface area contributed by atoms with E-state index in [0.717, 1.165) is 47.9 Å². The van der Waals surface area contributed by atoms with Crippen LogP contribution in [-0.4, -0.2) is 30.8 Å². The summed E-state index contributed by atoms with van der Waals surface area (Å²) in [5, 5.41) is 20.2. The van der Waals surface area contributed by atoms with Crippen molar-refractivity contribution in [3.05, 3.63) is 42.0 Å². The second-order valence-electron chi connectivity index (χ2n) is 5.98. The van der Waals surface area contributed by atoms with Crippen LogP contribution in [-0.2, 0) is 13.0 Å². The summed E-state index contributed by atoms with van der Waals surface area (Å²) in [4.78, 5) is 4.36. The lowest BCUT2D eigenvalue weighted by Gasteiger charge is -2.17. The third-order valence-corrected chi connectivity index (χ3v) is 4.27. The molecule has 3 aromatic rings. The number of hydrogen-bond acceptors (Lipinski definition) is 6. The Morgan fingerprint density at radius 3 is 2.64 bits per heavy atom. The van der Waals surface area contributed by atoms with Crippen molar-refractivity contribution in [2.45, 2.75) is 52.6 Å². The predicted octanol–water partition coefficient (Wildman–Crippen LogP) is 3.29. The van der Waals surface area contributed by atoms with E-state index in [4.69, 9.17) is 0 Å². The molecule has 7 nitrogen and oxygen atoms in total. The SMILES string of the molecule is CCc1nnc2c(NCc3ccccn3)cc(NC(CC)CC)nn12. The molecule has 0 unspecified atom stereocenters. The number of hydrogen-bond donors (Lipinski definition) is 2. The van der Waals surface area contributed by atoms with Gasteiger partial charge in [0.15, 0.2) is 5.82 Å². The van der Waals surface area contributed by atoms with Crippen molar-refractivity contribution in [1.29, 1.82) is 0 Å². The van der Waals surface area contributed by atoms with E-state index in [9.17, 15) is 0 Å². The molecule has 0 aliphatic carbocycles. The molecule has 2 N–H and O–H groups in total. The van der Waals surface area contributed by atoms with E-state index in [1.165, 1.54) is 0 Å². The van der Waals surface area contributed by atoms with Crippen LogP contribution in [0.5, 0.6) is 0 Å². The first-order valence-electron chi connectivity index (χ1n) is 8.90. The van der Waals surface area contributed by atoms with Crippen LogP contribution in [0.25, 0.3) is 5.65 Å². The molecule has 0 atom stereocenters. The third-order valence-electron chi connectivity index (χ3n) is 4.27. The number of aromatic nitrogens is 5. The minimum absolute atomic E-state index is 0.398. The van der Waals surface area contributed by atoms with Crippen molar-refractivity contribution in [1.82, 2.24) is 24.8 Å². The minimum Gasteiger partial charge on any atom is -0.376 e. The molecule has 3 heterocycles. The van der Waals surface area contributed by atoms with Crippen LogP contribution in [0.3, 0.4) is 0 Å². The summed E-state index contributed by atoms with van der Waals surface area (Å²) in [7, 11) is 0. The highest BCUT2D eigenvalue weighted by Gasteiger charge is 2.13. The van der Waals surface area contributed by atoms with E-state index in [-0.39, 0.29) is 0 Å². The lowest BCUT2D eigenvalue weighted by atomic mass is 10.2. The zero-order chi connectivity index (χ0) is 17.6. The highest BCUT2D eigenvalue weighted by atomic mass is 15.4. The maximum Gasteiger partial charge on any atom is 0.201 e. The fourth-order valence-corrected chi connectivity index (χ4v) is 2.73. The first kappa shape index (κ1) is 17.1. The number of aryl methyl sites for hydroxylation is 1. The van der Waals surface area contributed by atoms with Gasteiger partial charge >= 0.3 is 0 Å². The van der Waals surface area contributed by atoms with Crippen molar-refractivity contribution in [3.8, 4) is 0 Å². The Labute approximate surface area is 147 Å². The Hall–Kier alpha value is -2.70. The molecule has 0 spiro atoms. The molecule has 25 heavy (non-hydrogen) atoms. The smallest absolute Gasteiger partial charge is 0.201 e. The Balaban J connectivity index is 1.92. The lowest BCUT2D eigenvalue weighted by Crippen LogP contribution is -2.19. The number of rotatable bonds is 8. The molecule has 0 radical (unpaired) electrons. The average Bonchev–Trinajstić information content (AvgIpc) is 3.08. The zero-order valence-corrected chi connectivity index (χ0v) is 15.0. The Morgan fingerprint density at radius 1 is 1.12 bits per heavy atom. The van der Waals surface area contributed by atoms with Crippen molar-refractivity contribution in [2.24, 2.45) is 0 Å². The molecule has 0 saturated heterocycles. The van der Waals surface area contributed by atoms with Crippen LogP contribution in [0.1, 0.15) is 45.1 Å². The maximum atomic E-state index is 4.68. The molecule has 0 fully saturated rings. The first-order chi connectivity index (χ1) is 12.2. The van der Waals surface area contributed by atoms with Gasteiger partial charge in [-0.15, -0.1) is 15.3 Å². The highest BCUT2D eigenvalue weighted by molar-refractivity contribution is 5.70. The third kappa shape index (κ3) is 3.87. The highest BCUT2D eigenvalue weighted by Crippen LogP contribution is 2.21. The summed E-state index contributed by atoms with van der Waals surface area (Å²) in [6.45, 7) is 7.03. The molecule has 7 heteroatoms. The van der Waals surface area contributed by atoms with E-state index in [0.29, 0.717) is 12.6 Å². The summed E-state index contributed by atoms with van der Waals surface area (Å²) in [6.07, 6.45) is 4.68. The molecule has 132 valence electrons. The van der Waals surface area contributed by atoms with E-state index in [1.54, 1.807) is 6.20 Å². The summed E-state index contributed by atoms with van der Waals surface area (Å²) < 4.78 is 1.82. The fraction of sp³-hybridized carbons (Fsp3) is 0.444. The van der Waals surface area contributed by atoms with Crippen LogP contribution in [0.15, 0.2) is 30.5 Å². The molecule has 0 bridgehead atoms. The van der Waals surface area contributed by atoms with Gasteiger partial charge in [0.1, 0.15) is 5.82 Å². The monoisotopic (exact) mass is 339 g/mol. The largest absolute Gasteiger partial charge is 0.376 e. The van der Waals surface area contributed by atoms with Gasteiger partial charge in [-0.2, -0.15) is 4.52 Å². The van der Waals surface area contributed by atoms with Gasteiger partial charge in [0, 0.05) is 24.7 Å². The number of nitrogens with one attached hydrogen (secondary N) is 2. The summed E-state index contributed by atoms with van der Waals surface area (Å²) in [5.41, 5.74) is 2.62. The Morgan fingerprint density at radius 2 is 1.96 bits per heavy atom. The van der Waals surface area contributed by atoms with E-state index in [1.807, 2.05) is 28.8 Å². The van der Waals surface area contributed by atoms with Crippen LogP contribution in [0.2, 0.25) is 0 Å². The molecule has 0 aliphatic rings. The van der Waals surface area contributed by atoms with E-state index >= 15 is 0 Å². The molecule has 0 amide bonds. The second kappa shape index (κ2) is 7.92. The number of anilines is 2. The van der Waals surface area contributed by atoms with Gasteiger partial charge in [-0.05, 0) is 25.0 Å². The molecule has 0 saturated carbocycles. The molecular weight excluding hydrogens is 314 g/mol.